The van der Waals surface area contributed by atoms with Gasteiger partial charge in [0.05, 0.1) is 4.90 Å². The Hall–Kier alpha value is -2.05. The van der Waals surface area contributed by atoms with Crippen molar-refractivity contribution in [2.24, 2.45) is 0 Å². The SMILES string of the molecule is Cc1ccc(NCOc2cccc(S(=O)(=O)O)c2)cc1. The first-order valence-electron chi connectivity index (χ1n) is 5.96. The highest BCUT2D eigenvalue weighted by molar-refractivity contribution is 7.85. The van der Waals surface area contributed by atoms with Crippen molar-refractivity contribution in [1.29, 1.82) is 0 Å². The average molecular weight is 293 g/mol. The Labute approximate surface area is 118 Å². The molecule has 2 aromatic carbocycles. The molecule has 2 N–H and O–H groups in total. The van der Waals surface area contributed by atoms with Gasteiger partial charge >= 0.3 is 0 Å². The van der Waals surface area contributed by atoms with Gasteiger partial charge in [-0.25, -0.2) is 0 Å². The molecule has 2 rings (SSSR count). The predicted octanol–water partition coefficient (Wildman–Crippen LogP) is 2.69. The summed E-state index contributed by atoms with van der Waals surface area (Å²) in [5.41, 5.74) is 2.07. The van der Waals surface area contributed by atoms with E-state index in [9.17, 15) is 8.42 Å². The fourth-order valence-electron chi connectivity index (χ4n) is 1.60. The third-order valence-corrected chi connectivity index (χ3v) is 3.52. The van der Waals surface area contributed by atoms with E-state index in [0.717, 1.165) is 11.3 Å². The van der Waals surface area contributed by atoms with Crippen LogP contribution < -0.4 is 10.1 Å². The average Bonchev–Trinajstić information content (AvgIpc) is 2.40. The maximum atomic E-state index is 11.0. The molecule has 106 valence electrons. The van der Waals surface area contributed by atoms with Gasteiger partial charge in [0.15, 0.2) is 6.73 Å². The van der Waals surface area contributed by atoms with E-state index in [4.69, 9.17) is 9.29 Å². The second-order valence-corrected chi connectivity index (χ2v) is 5.70. The van der Waals surface area contributed by atoms with Crippen LogP contribution in [0.2, 0.25) is 0 Å². The summed E-state index contributed by atoms with van der Waals surface area (Å²) < 4.78 is 36.3. The molecule has 6 heteroatoms. The maximum Gasteiger partial charge on any atom is 0.294 e. The van der Waals surface area contributed by atoms with Crippen molar-refractivity contribution in [3.8, 4) is 5.75 Å². The van der Waals surface area contributed by atoms with Crippen LogP contribution in [0.1, 0.15) is 5.56 Å². The van der Waals surface area contributed by atoms with Crippen LogP contribution in [0.3, 0.4) is 0 Å². The fourth-order valence-corrected chi connectivity index (χ4v) is 2.11. The molecule has 0 atom stereocenters. The molecule has 0 radical (unpaired) electrons. The van der Waals surface area contributed by atoms with Crippen molar-refractivity contribution in [2.45, 2.75) is 11.8 Å². The molecule has 0 aliphatic rings. The van der Waals surface area contributed by atoms with Crippen LogP contribution in [0, 0.1) is 6.92 Å². The van der Waals surface area contributed by atoms with E-state index in [-0.39, 0.29) is 11.6 Å². The highest BCUT2D eigenvalue weighted by Crippen LogP contribution is 2.17. The minimum absolute atomic E-state index is 0.190. The van der Waals surface area contributed by atoms with Gasteiger partial charge in [-0.1, -0.05) is 23.8 Å². The number of rotatable bonds is 5. The quantitative estimate of drug-likeness (QED) is 0.655. The second-order valence-electron chi connectivity index (χ2n) is 4.28. The molecule has 20 heavy (non-hydrogen) atoms. The molecule has 0 spiro atoms. The normalized spacial score (nSPS) is 11.1. The smallest absolute Gasteiger partial charge is 0.294 e. The summed E-state index contributed by atoms with van der Waals surface area (Å²) in [6.07, 6.45) is 0. The lowest BCUT2D eigenvalue weighted by Gasteiger charge is -2.09. The molecule has 0 unspecified atom stereocenters. The van der Waals surface area contributed by atoms with Crippen molar-refractivity contribution in [1.82, 2.24) is 0 Å². The number of nitrogens with one attached hydrogen (secondary N) is 1. The number of hydrogen-bond donors (Lipinski definition) is 2. The number of ether oxygens (including phenoxy) is 1. The summed E-state index contributed by atoms with van der Waals surface area (Å²) in [4.78, 5) is -0.190. The Bertz CT molecular complexity index is 681. The molecular weight excluding hydrogens is 278 g/mol. The number of anilines is 1. The minimum atomic E-state index is -4.21. The van der Waals surface area contributed by atoms with Crippen molar-refractivity contribution in [3.63, 3.8) is 0 Å². The number of aryl methyl sites for hydroxylation is 1. The lowest BCUT2D eigenvalue weighted by molar-refractivity contribution is 0.345. The molecular formula is C14H15NO4S. The summed E-state index contributed by atoms with van der Waals surface area (Å²) in [5.74, 6) is 0.361. The molecule has 0 fully saturated rings. The standard InChI is InChI=1S/C14H15NO4S/c1-11-5-7-12(8-6-11)15-10-19-13-3-2-4-14(9-13)20(16,17)18/h2-9,15H,10H2,1H3,(H,16,17,18). The van der Waals surface area contributed by atoms with Crippen LogP contribution in [0.15, 0.2) is 53.4 Å². The zero-order valence-electron chi connectivity index (χ0n) is 10.9. The summed E-state index contributed by atoms with van der Waals surface area (Å²) >= 11 is 0. The molecule has 5 nitrogen and oxygen atoms in total. The van der Waals surface area contributed by atoms with E-state index in [1.54, 1.807) is 6.07 Å². The van der Waals surface area contributed by atoms with Gasteiger partial charge in [-0.2, -0.15) is 8.42 Å². The van der Waals surface area contributed by atoms with Gasteiger partial charge < -0.3 is 10.1 Å². The van der Waals surface area contributed by atoms with Crippen LogP contribution in [0.25, 0.3) is 0 Å². The van der Waals surface area contributed by atoms with Gasteiger partial charge in [0.2, 0.25) is 0 Å². The van der Waals surface area contributed by atoms with Crippen LogP contribution in [0.4, 0.5) is 5.69 Å². The monoisotopic (exact) mass is 293 g/mol. The van der Waals surface area contributed by atoms with E-state index in [1.807, 2.05) is 31.2 Å². The van der Waals surface area contributed by atoms with Gasteiger partial charge in [-0.15, -0.1) is 0 Å². The van der Waals surface area contributed by atoms with Crippen LogP contribution >= 0.6 is 0 Å². The fraction of sp³-hybridized carbons (Fsp3) is 0.143. The summed E-state index contributed by atoms with van der Waals surface area (Å²) in [6, 6.07) is 13.5. The third-order valence-electron chi connectivity index (χ3n) is 2.67. The number of benzene rings is 2. The predicted molar refractivity (Wildman–Crippen MR) is 76.6 cm³/mol. The van der Waals surface area contributed by atoms with Gasteiger partial charge in [0, 0.05) is 11.8 Å². The van der Waals surface area contributed by atoms with E-state index in [2.05, 4.69) is 5.32 Å². The Morgan fingerprint density at radius 1 is 1.15 bits per heavy atom. The first kappa shape index (κ1) is 14.4. The van der Waals surface area contributed by atoms with Gasteiger partial charge in [0.1, 0.15) is 5.75 Å². The van der Waals surface area contributed by atoms with E-state index in [0.29, 0.717) is 5.75 Å². The molecule has 0 amide bonds. The Morgan fingerprint density at radius 3 is 2.50 bits per heavy atom. The lowest BCUT2D eigenvalue weighted by atomic mass is 10.2. The summed E-state index contributed by atoms with van der Waals surface area (Å²) in [6.45, 7) is 2.19. The largest absolute Gasteiger partial charge is 0.473 e. The Kier molecular flexibility index (Phi) is 4.26. The van der Waals surface area contributed by atoms with Gasteiger partial charge in [-0.3, -0.25) is 4.55 Å². The molecule has 0 bridgehead atoms. The molecule has 0 aliphatic heterocycles. The maximum absolute atomic E-state index is 11.0. The van der Waals surface area contributed by atoms with Crippen molar-refractivity contribution >= 4 is 15.8 Å². The molecule has 0 aromatic heterocycles. The zero-order chi connectivity index (χ0) is 14.6. The first-order chi connectivity index (χ1) is 9.45. The Morgan fingerprint density at radius 2 is 1.85 bits per heavy atom. The highest BCUT2D eigenvalue weighted by Gasteiger charge is 2.09. The van der Waals surface area contributed by atoms with Crippen LogP contribution in [0.5, 0.6) is 5.75 Å². The van der Waals surface area contributed by atoms with E-state index < -0.39 is 10.1 Å². The highest BCUT2D eigenvalue weighted by atomic mass is 32.2. The zero-order valence-corrected chi connectivity index (χ0v) is 11.7. The van der Waals surface area contributed by atoms with Gasteiger partial charge in [0.25, 0.3) is 10.1 Å². The molecule has 0 saturated heterocycles. The van der Waals surface area contributed by atoms with E-state index >= 15 is 0 Å². The first-order valence-corrected chi connectivity index (χ1v) is 7.40. The molecule has 0 saturated carbocycles. The third kappa shape index (κ3) is 3.97. The van der Waals surface area contributed by atoms with Crippen LogP contribution in [-0.2, 0) is 10.1 Å². The minimum Gasteiger partial charge on any atom is -0.473 e. The summed E-state index contributed by atoms with van der Waals surface area (Å²) in [7, 11) is -4.21. The number of hydrogen-bond acceptors (Lipinski definition) is 4. The van der Waals surface area contributed by atoms with Crippen LogP contribution in [-0.4, -0.2) is 19.7 Å². The van der Waals surface area contributed by atoms with E-state index in [1.165, 1.54) is 18.2 Å². The summed E-state index contributed by atoms with van der Waals surface area (Å²) in [5, 5.41) is 3.04. The molecule has 0 heterocycles. The van der Waals surface area contributed by atoms with Crippen molar-refractivity contribution in [2.75, 3.05) is 12.0 Å². The van der Waals surface area contributed by atoms with Crippen molar-refractivity contribution in [3.05, 3.63) is 54.1 Å². The Balaban J connectivity index is 1.96. The second kappa shape index (κ2) is 5.94. The van der Waals surface area contributed by atoms with Crippen molar-refractivity contribution < 1.29 is 17.7 Å². The molecule has 0 aliphatic carbocycles. The lowest BCUT2D eigenvalue weighted by Crippen LogP contribution is -2.09. The van der Waals surface area contributed by atoms with Gasteiger partial charge in [-0.05, 0) is 31.2 Å². The topological polar surface area (TPSA) is 75.6 Å². The molecule has 2 aromatic rings.